The van der Waals surface area contributed by atoms with Gasteiger partial charge >= 0.3 is 0 Å². The number of nitrogens with zero attached hydrogens (tertiary/aromatic N) is 1. The van der Waals surface area contributed by atoms with Crippen molar-refractivity contribution in [3.8, 4) is 0 Å². The summed E-state index contributed by atoms with van der Waals surface area (Å²) in [6.07, 6.45) is 2.06. The van der Waals surface area contributed by atoms with Crippen molar-refractivity contribution in [2.45, 2.75) is 46.1 Å². The second kappa shape index (κ2) is 10.4. The fourth-order valence-electron chi connectivity index (χ4n) is 1.92. The summed E-state index contributed by atoms with van der Waals surface area (Å²) >= 11 is 0. The zero-order chi connectivity index (χ0) is 16.3. The van der Waals surface area contributed by atoms with Crippen molar-refractivity contribution in [3.05, 3.63) is 13.2 Å². The van der Waals surface area contributed by atoms with Gasteiger partial charge in [-0.25, -0.2) is 0 Å². The predicted octanol–water partition coefficient (Wildman–Crippen LogP) is 1.54. The first kappa shape index (κ1) is 20.9. The lowest BCUT2D eigenvalue weighted by Crippen LogP contribution is -2.44. The SMILES string of the molecule is C=C.CC(C)(C)CC(=O)N1CCCC1C(N)=O.CNC. The number of nitrogens with two attached hydrogens (primary N) is 1. The average molecular weight is 285 g/mol. The van der Waals surface area contributed by atoms with Crippen molar-refractivity contribution in [1.29, 1.82) is 0 Å². The molecule has 0 radical (unpaired) electrons. The maximum absolute atomic E-state index is 11.9. The molecule has 5 nitrogen and oxygen atoms in total. The summed E-state index contributed by atoms with van der Waals surface area (Å²) in [5, 5.41) is 2.75. The molecule has 0 bridgehead atoms. The summed E-state index contributed by atoms with van der Waals surface area (Å²) in [5.74, 6) is -0.335. The maximum atomic E-state index is 11.9. The van der Waals surface area contributed by atoms with E-state index in [4.69, 9.17) is 5.73 Å². The third-order valence-electron chi connectivity index (χ3n) is 2.58. The van der Waals surface area contributed by atoms with Gasteiger partial charge in [-0.15, -0.1) is 13.2 Å². The molecule has 0 aliphatic carbocycles. The van der Waals surface area contributed by atoms with Crippen molar-refractivity contribution in [2.24, 2.45) is 11.1 Å². The standard InChI is InChI=1S/C11H20N2O2.C2H7N.C2H4/c1-11(2,3)7-9(14)13-6-4-5-8(13)10(12)15;1-3-2;1-2/h8H,4-7H2,1-3H3,(H2,12,15);3H,1-2H3;1-2H2. The molecule has 0 aromatic rings. The molecule has 1 fully saturated rings. The van der Waals surface area contributed by atoms with E-state index in [2.05, 4.69) is 18.5 Å². The lowest BCUT2D eigenvalue weighted by atomic mass is 9.91. The number of carbonyl (C=O) groups excluding carboxylic acids is 2. The molecular weight excluding hydrogens is 254 g/mol. The first-order valence-electron chi connectivity index (χ1n) is 6.90. The molecule has 0 spiro atoms. The Labute approximate surface area is 123 Å². The summed E-state index contributed by atoms with van der Waals surface area (Å²) in [6, 6.07) is -0.375. The normalized spacial score (nSPS) is 17.4. The third-order valence-corrected chi connectivity index (χ3v) is 2.58. The zero-order valence-corrected chi connectivity index (χ0v) is 13.7. The van der Waals surface area contributed by atoms with Gasteiger partial charge in [-0.2, -0.15) is 0 Å². The van der Waals surface area contributed by atoms with Gasteiger partial charge in [0.15, 0.2) is 0 Å². The van der Waals surface area contributed by atoms with Crippen molar-refractivity contribution in [1.82, 2.24) is 10.2 Å². The molecule has 1 aliphatic rings. The van der Waals surface area contributed by atoms with E-state index in [-0.39, 0.29) is 23.3 Å². The van der Waals surface area contributed by atoms with E-state index in [1.165, 1.54) is 0 Å². The Morgan fingerprint density at radius 1 is 1.30 bits per heavy atom. The van der Waals surface area contributed by atoms with Crippen LogP contribution in [0.25, 0.3) is 0 Å². The smallest absolute Gasteiger partial charge is 0.240 e. The van der Waals surface area contributed by atoms with E-state index in [0.29, 0.717) is 19.4 Å². The number of amides is 2. The van der Waals surface area contributed by atoms with E-state index in [1.54, 1.807) is 4.90 Å². The van der Waals surface area contributed by atoms with E-state index < -0.39 is 0 Å². The molecule has 1 rings (SSSR count). The van der Waals surface area contributed by atoms with Gasteiger partial charge in [-0.3, -0.25) is 9.59 Å². The summed E-state index contributed by atoms with van der Waals surface area (Å²) in [7, 11) is 3.75. The number of hydrogen-bond acceptors (Lipinski definition) is 3. The molecule has 1 aliphatic heterocycles. The van der Waals surface area contributed by atoms with Crippen molar-refractivity contribution < 1.29 is 9.59 Å². The first-order chi connectivity index (χ1) is 9.22. The van der Waals surface area contributed by atoms with Gasteiger partial charge in [0.25, 0.3) is 0 Å². The number of primary amides is 1. The molecule has 1 saturated heterocycles. The van der Waals surface area contributed by atoms with E-state index in [0.717, 1.165) is 6.42 Å². The number of carbonyl (C=O) groups is 2. The van der Waals surface area contributed by atoms with E-state index in [9.17, 15) is 9.59 Å². The molecular formula is C15H31N3O2. The summed E-state index contributed by atoms with van der Waals surface area (Å²) in [5.41, 5.74) is 5.22. The summed E-state index contributed by atoms with van der Waals surface area (Å²) in [6.45, 7) is 12.7. The second-order valence-corrected chi connectivity index (χ2v) is 5.88. The van der Waals surface area contributed by atoms with Crippen LogP contribution >= 0.6 is 0 Å². The van der Waals surface area contributed by atoms with Crippen molar-refractivity contribution >= 4 is 11.8 Å². The second-order valence-electron chi connectivity index (χ2n) is 5.88. The Morgan fingerprint density at radius 3 is 2.10 bits per heavy atom. The predicted molar refractivity (Wildman–Crippen MR) is 84.2 cm³/mol. The molecule has 1 unspecified atom stereocenters. The summed E-state index contributed by atoms with van der Waals surface area (Å²) < 4.78 is 0. The Balaban J connectivity index is 0. The molecule has 3 N–H and O–H groups in total. The van der Waals surface area contributed by atoms with Crippen LogP contribution in [0.5, 0.6) is 0 Å². The number of nitrogens with one attached hydrogen (secondary N) is 1. The van der Waals surface area contributed by atoms with Gasteiger partial charge < -0.3 is 16.0 Å². The highest BCUT2D eigenvalue weighted by Crippen LogP contribution is 2.24. The topological polar surface area (TPSA) is 75.4 Å². The molecule has 1 atom stereocenters. The van der Waals surface area contributed by atoms with Crippen LogP contribution in [0.4, 0.5) is 0 Å². The van der Waals surface area contributed by atoms with Crippen LogP contribution in [0.15, 0.2) is 13.2 Å². The molecule has 0 aromatic heterocycles. The molecule has 0 saturated carbocycles. The van der Waals surface area contributed by atoms with Crippen LogP contribution < -0.4 is 11.1 Å². The van der Waals surface area contributed by atoms with Gasteiger partial charge in [0.05, 0.1) is 0 Å². The number of hydrogen-bond donors (Lipinski definition) is 2. The van der Waals surface area contributed by atoms with Crippen molar-refractivity contribution in [2.75, 3.05) is 20.6 Å². The Hall–Kier alpha value is -1.36. The minimum absolute atomic E-state index is 0.0398. The highest BCUT2D eigenvalue weighted by molar-refractivity contribution is 5.87. The maximum Gasteiger partial charge on any atom is 0.240 e. The highest BCUT2D eigenvalue weighted by atomic mass is 16.2. The molecule has 1 heterocycles. The van der Waals surface area contributed by atoms with E-state index in [1.807, 2.05) is 34.9 Å². The molecule has 118 valence electrons. The Bertz CT molecular complexity index is 298. The number of likely N-dealkylation sites (tertiary alicyclic amines) is 1. The van der Waals surface area contributed by atoms with Crippen LogP contribution in [0, 0.1) is 5.41 Å². The van der Waals surface area contributed by atoms with Crippen LogP contribution in [0.2, 0.25) is 0 Å². The zero-order valence-electron chi connectivity index (χ0n) is 13.7. The lowest BCUT2D eigenvalue weighted by Gasteiger charge is -2.26. The monoisotopic (exact) mass is 285 g/mol. The van der Waals surface area contributed by atoms with Gasteiger partial charge in [-0.05, 0) is 32.4 Å². The van der Waals surface area contributed by atoms with Crippen LogP contribution in [0.3, 0.4) is 0 Å². The lowest BCUT2D eigenvalue weighted by molar-refractivity contribution is -0.138. The van der Waals surface area contributed by atoms with Gasteiger partial charge in [0, 0.05) is 13.0 Å². The molecule has 20 heavy (non-hydrogen) atoms. The Kier molecular flexibility index (Phi) is 10.9. The third kappa shape index (κ3) is 8.69. The minimum atomic E-state index is -0.380. The highest BCUT2D eigenvalue weighted by Gasteiger charge is 2.33. The van der Waals surface area contributed by atoms with E-state index >= 15 is 0 Å². The van der Waals surface area contributed by atoms with Crippen LogP contribution in [0.1, 0.15) is 40.0 Å². The van der Waals surface area contributed by atoms with Crippen LogP contribution in [-0.2, 0) is 9.59 Å². The molecule has 5 heteroatoms. The van der Waals surface area contributed by atoms with Gasteiger partial charge in [-0.1, -0.05) is 20.8 Å². The largest absolute Gasteiger partial charge is 0.368 e. The fourth-order valence-corrected chi connectivity index (χ4v) is 1.92. The molecule has 0 aromatic carbocycles. The quantitative estimate of drug-likeness (QED) is 0.756. The van der Waals surface area contributed by atoms with Gasteiger partial charge in [0.2, 0.25) is 11.8 Å². The fraction of sp³-hybridized carbons (Fsp3) is 0.733. The molecule has 2 amide bonds. The first-order valence-corrected chi connectivity index (χ1v) is 6.90. The minimum Gasteiger partial charge on any atom is -0.368 e. The average Bonchev–Trinajstić information content (AvgIpc) is 2.79. The number of rotatable bonds is 2. The Morgan fingerprint density at radius 2 is 1.75 bits per heavy atom. The van der Waals surface area contributed by atoms with Crippen LogP contribution in [-0.4, -0.2) is 43.4 Å². The summed E-state index contributed by atoms with van der Waals surface area (Å²) in [4.78, 5) is 24.6. The van der Waals surface area contributed by atoms with Crippen molar-refractivity contribution in [3.63, 3.8) is 0 Å². The van der Waals surface area contributed by atoms with Gasteiger partial charge in [0.1, 0.15) is 6.04 Å².